The largest absolute Gasteiger partial charge is 0.288 e. The fourth-order valence-electron chi connectivity index (χ4n) is 6.76. The van der Waals surface area contributed by atoms with Crippen LogP contribution >= 0.6 is 0 Å². The van der Waals surface area contributed by atoms with Crippen LogP contribution in [0.4, 0.5) is 0 Å². The van der Waals surface area contributed by atoms with Crippen LogP contribution in [0.15, 0.2) is 197 Å². The van der Waals surface area contributed by atoms with Gasteiger partial charge in [0.25, 0.3) is 0 Å². The lowest BCUT2D eigenvalue weighted by molar-refractivity contribution is 0.265. The maximum atomic E-state index is 5.56. The van der Waals surface area contributed by atoms with Gasteiger partial charge in [0, 0.05) is 0 Å². The molecule has 0 radical (unpaired) electrons. The van der Waals surface area contributed by atoms with E-state index in [2.05, 4.69) is 197 Å². The molecule has 0 atom stereocenters. The molecule has 0 unspecified atom stereocenters. The molecule has 0 aromatic heterocycles. The Balaban J connectivity index is 1.33. The monoisotopic (exact) mass is 708 g/mol. The number of rotatable bonds is 15. The third kappa shape index (κ3) is 10.9. The Morgan fingerprint density at radius 2 is 0.519 bits per heavy atom. The standard InChI is InChI=1S/C48H48N6/c1-7-20-40(21-8-1)34-52(35-41-22-9-2-10-23-41)49-46-32-19-33-47(50-53(36-42-24-11-3-12-25-42)37-43-26-13-4-14-27-43)48(46)51-54(38-44-28-15-5-16-29-44)39-45-30-17-6-18-31-45/h1-18,20-31H,19,32-39H2. The van der Waals surface area contributed by atoms with E-state index in [1.54, 1.807) is 0 Å². The quantitative estimate of drug-likeness (QED) is 0.0998. The summed E-state index contributed by atoms with van der Waals surface area (Å²) in [4.78, 5) is 0. The lowest BCUT2D eigenvalue weighted by Gasteiger charge is -2.28. The van der Waals surface area contributed by atoms with Crippen LogP contribution in [0, 0.1) is 0 Å². The molecule has 0 heterocycles. The Hall–Kier alpha value is -6.27. The van der Waals surface area contributed by atoms with Crippen LogP contribution in [0.2, 0.25) is 0 Å². The minimum atomic E-state index is 0.662. The fourth-order valence-corrected chi connectivity index (χ4v) is 6.76. The summed E-state index contributed by atoms with van der Waals surface area (Å²) in [6, 6.07) is 63.6. The van der Waals surface area contributed by atoms with E-state index in [1.165, 1.54) is 33.4 Å². The first kappa shape index (κ1) is 36.1. The highest BCUT2D eigenvalue weighted by atomic mass is 15.5. The molecule has 0 bridgehead atoms. The second-order valence-corrected chi connectivity index (χ2v) is 13.8. The molecule has 6 heteroatoms. The number of benzene rings is 6. The zero-order valence-electron chi connectivity index (χ0n) is 30.9. The lowest BCUT2D eigenvalue weighted by atomic mass is 9.94. The first-order valence-corrected chi connectivity index (χ1v) is 19.0. The first-order valence-electron chi connectivity index (χ1n) is 19.0. The normalized spacial score (nSPS) is 14.2. The molecule has 0 N–H and O–H groups in total. The van der Waals surface area contributed by atoms with E-state index in [1.807, 2.05) is 0 Å². The van der Waals surface area contributed by atoms with E-state index in [9.17, 15) is 0 Å². The van der Waals surface area contributed by atoms with Gasteiger partial charge in [-0.05, 0) is 52.6 Å². The summed E-state index contributed by atoms with van der Waals surface area (Å²) in [5.41, 5.74) is 10.1. The molecule has 1 aliphatic rings. The second kappa shape index (κ2) is 19.0. The Morgan fingerprint density at radius 3 is 0.759 bits per heavy atom. The Morgan fingerprint density at radius 1 is 0.296 bits per heavy atom. The van der Waals surface area contributed by atoms with Crippen LogP contribution in [-0.2, 0) is 39.3 Å². The predicted octanol–water partition coefficient (Wildman–Crippen LogP) is 10.3. The molecule has 6 aromatic rings. The van der Waals surface area contributed by atoms with Gasteiger partial charge in [0.05, 0.1) is 50.7 Å². The zero-order chi connectivity index (χ0) is 36.6. The van der Waals surface area contributed by atoms with Gasteiger partial charge in [0.2, 0.25) is 0 Å². The van der Waals surface area contributed by atoms with Crippen LogP contribution in [0.1, 0.15) is 52.6 Å². The molecule has 1 saturated carbocycles. The Labute approximate surface area is 320 Å². The maximum absolute atomic E-state index is 5.56. The molecule has 1 aliphatic carbocycles. The van der Waals surface area contributed by atoms with Crippen molar-refractivity contribution >= 4 is 17.1 Å². The van der Waals surface area contributed by atoms with E-state index in [0.717, 1.165) is 36.4 Å². The van der Waals surface area contributed by atoms with Crippen molar-refractivity contribution in [2.24, 2.45) is 15.3 Å². The van der Waals surface area contributed by atoms with Gasteiger partial charge < -0.3 is 0 Å². The smallest absolute Gasteiger partial charge is 0.130 e. The Kier molecular flexibility index (Phi) is 12.7. The van der Waals surface area contributed by atoms with Crippen LogP contribution < -0.4 is 0 Å². The van der Waals surface area contributed by atoms with E-state index in [4.69, 9.17) is 15.3 Å². The molecule has 0 spiro atoms. The molecule has 6 nitrogen and oxygen atoms in total. The van der Waals surface area contributed by atoms with Gasteiger partial charge >= 0.3 is 0 Å². The van der Waals surface area contributed by atoms with Crippen molar-refractivity contribution in [2.45, 2.75) is 58.5 Å². The SMILES string of the molecule is c1ccc(CN(Cc2ccccc2)N=C2CCCC(=NN(Cc3ccccc3)Cc3ccccc3)C2=NN(Cc2ccccc2)Cc2ccccc2)cc1. The van der Waals surface area contributed by atoms with Gasteiger partial charge in [-0.15, -0.1) is 0 Å². The van der Waals surface area contributed by atoms with Crippen LogP contribution in [0.5, 0.6) is 0 Å². The van der Waals surface area contributed by atoms with Crippen molar-refractivity contribution in [1.82, 2.24) is 15.0 Å². The van der Waals surface area contributed by atoms with Gasteiger partial charge in [-0.2, -0.15) is 15.3 Å². The van der Waals surface area contributed by atoms with Gasteiger partial charge in [0.1, 0.15) is 5.71 Å². The van der Waals surface area contributed by atoms with Crippen molar-refractivity contribution in [1.29, 1.82) is 0 Å². The topological polar surface area (TPSA) is 46.8 Å². The van der Waals surface area contributed by atoms with Crippen molar-refractivity contribution in [3.63, 3.8) is 0 Å². The summed E-state index contributed by atoms with van der Waals surface area (Å²) in [7, 11) is 0. The number of nitrogens with zero attached hydrogens (tertiary/aromatic N) is 6. The predicted molar refractivity (Wildman–Crippen MR) is 223 cm³/mol. The zero-order valence-corrected chi connectivity index (χ0v) is 30.9. The van der Waals surface area contributed by atoms with Crippen molar-refractivity contribution in [3.05, 3.63) is 215 Å². The van der Waals surface area contributed by atoms with E-state index in [-0.39, 0.29) is 0 Å². The van der Waals surface area contributed by atoms with Gasteiger partial charge in [-0.3, -0.25) is 15.0 Å². The number of hydrogen-bond acceptors (Lipinski definition) is 6. The molecule has 0 amide bonds. The molecule has 1 fully saturated rings. The minimum absolute atomic E-state index is 0.662. The van der Waals surface area contributed by atoms with Gasteiger partial charge in [-0.25, -0.2) is 0 Å². The van der Waals surface area contributed by atoms with Gasteiger partial charge in [0.15, 0.2) is 0 Å². The molecule has 7 rings (SSSR count). The van der Waals surface area contributed by atoms with E-state index < -0.39 is 0 Å². The Bertz CT molecular complexity index is 1850. The summed E-state index contributed by atoms with van der Waals surface area (Å²) < 4.78 is 0. The lowest BCUT2D eigenvalue weighted by Crippen LogP contribution is -2.36. The third-order valence-electron chi connectivity index (χ3n) is 9.39. The summed E-state index contributed by atoms with van der Waals surface area (Å²) in [5, 5.41) is 23.1. The average molecular weight is 709 g/mol. The fraction of sp³-hybridized carbons (Fsp3) is 0.188. The van der Waals surface area contributed by atoms with Crippen molar-refractivity contribution in [2.75, 3.05) is 0 Å². The molecular weight excluding hydrogens is 661 g/mol. The van der Waals surface area contributed by atoms with E-state index in [0.29, 0.717) is 39.3 Å². The molecule has 6 aromatic carbocycles. The first-order chi connectivity index (χ1) is 26.7. The molecule has 270 valence electrons. The van der Waals surface area contributed by atoms with Gasteiger partial charge in [-0.1, -0.05) is 182 Å². The van der Waals surface area contributed by atoms with Crippen LogP contribution in [0.3, 0.4) is 0 Å². The highest BCUT2D eigenvalue weighted by Crippen LogP contribution is 2.21. The average Bonchev–Trinajstić information content (AvgIpc) is 3.21. The minimum Gasteiger partial charge on any atom is -0.288 e. The summed E-state index contributed by atoms with van der Waals surface area (Å²) in [6.07, 6.45) is 2.59. The number of hydrazone groups is 3. The third-order valence-corrected chi connectivity index (χ3v) is 9.39. The van der Waals surface area contributed by atoms with E-state index >= 15 is 0 Å². The molecular formula is C48H48N6. The molecule has 0 aliphatic heterocycles. The van der Waals surface area contributed by atoms with Crippen LogP contribution in [0.25, 0.3) is 0 Å². The van der Waals surface area contributed by atoms with Crippen molar-refractivity contribution < 1.29 is 0 Å². The molecule has 0 saturated heterocycles. The second-order valence-electron chi connectivity index (χ2n) is 13.8. The summed E-state index contributed by atoms with van der Waals surface area (Å²) in [5.74, 6) is 0. The molecule has 54 heavy (non-hydrogen) atoms. The summed E-state index contributed by atoms with van der Waals surface area (Å²) in [6.45, 7) is 4.07. The highest BCUT2D eigenvalue weighted by molar-refractivity contribution is 6.69. The maximum Gasteiger partial charge on any atom is 0.130 e. The van der Waals surface area contributed by atoms with Crippen LogP contribution in [-0.4, -0.2) is 32.2 Å². The summed E-state index contributed by atoms with van der Waals surface area (Å²) >= 11 is 0. The number of hydrogen-bond donors (Lipinski definition) is 0. The highest BCUT2D eigenvalue weighted by Gasteiger charge is 2.26. The van der Waals surface area contributed by atoms with Crippen molar-refractivity contribution in [3.8, 4) is 0 Å².